The average Bonchev–Trinajstić information content (AvgIpc) is 3.37. The van der Waals surface area contributed by atoms with E-state index >= 15 is 4.39 Å². The molecule has 1 saturated heterocycles. The number of piperazine rings is 1. The van der Waals surface area contributed by atoms with Gasteiger partial charge in [-0.2, -0.15) is 9.78 Å². The molecule has 14 heteroatoms. The van der Waals surface area contributed by atoms with E-state index in [1.807, 2.05) is 27.0 Å². The quantitative estimate of drug-likeness (QED) is 0.242. The monoisotopic (exact) mass is 647 g/mol. The van der Waals surface area contributed by atoms with Crippen molar-refractivity contribution in [3.8, 4) is 0 Å². The molecule has 0 atom stereocenters. The molecule has 3 aromatic rings. The maximum Gasteiger partial charge on any atom is 0.435 e. The van der Waals surface area contributed by atoms with Gasteiger partial charge in [0.05, 0.1) is 16.7 Å². The highest BCUT2D eigenvalue weighted by Crippen LogP contribution is 2.38. The van der Waals surface area contributed by atoms with Crippen LogP contribution in [0.2, 0.25) is 5.02 Å². The molecule has 11 nitrogen and oxygen atoms in total. The van der Waals surface area contributed by atoms with Gasteiger partial charge in [-0.3, -0.25) is 0 Å². The second-order valence-corrected chi connectivity index (χ2v) is 14.1. The Morgan fingerprint density at radius 1 is 0.977 bits per heavy atom. The molecule has 0 N–H and O–H groups in total. The molecule has 238 valence electrons. The van der Waals surface area contributed by atoms with Crippen molar-refractivity contribution in [1.82, 2.24) is 24.6 Å². The van der Waals surface area contributed by atoms with E-state index in [9.17, 15) is 9.59 Å². The predicted octanol–water partition coefficient (Wildman–Crippen LogP) is 6.13. The van der Waals surface area contributed by atoms with Gasteiger partial charge >= 0.3 is 12.2 Å². The first-order chi connectivity index (χ1) is 20.6. The van der Waals surface area contributed by atoms with Crippen molar-refractivity contribution in [3.63, 3.8) is 0 Å². The lowest BCUT2D eigenvalue weighted by Gasteiger charge is -2.38. The smallest absolute Gasteiger partial charge is 0.435 e. The molecule has 4 heterocycles. The number of carbonyl (C=O) groups is 2. The van der Waals surface area contributed by atoms with Crippen LogP contribution in [-0.4, -0.2) is 87.0 Å². The molecule has 1 aromatic carbocycles. The standard InChI is InChI=1S/C30H39ClFN7O4S/c1-29(2,3)42-27(40)37-13-11-36(12-14-37)24-18-9-8-10-38(25(18)35-26(34-24)44-7)17-20-19-16-33-39(28(41)43-30(4,5)6)22(19)15-21(32)23(20)31/h15-16H,8-14,17H2,1-7H3. The number of aromatic nitrogens is 4. The molecule has 2 aromatic heterocycles. The van der Waals surface area contributed by atoms with Gasteiger partial charge in [0.1, 0.15) is 28.7 Å². The van der Waals surface area contributed by atoms with Crippen molar-refractivity contribution in [2.45, 2.75) is 77.3 Å². The van der Waals surface area contributed by atoms with Gasteiger partial charge in [0, 0.05) is 61.8 Å². The van der Waals surface area contributed by atoms with Gasteiger partial charge in [-0.05, 0) is 60.6 Å². The Bertz CT molecular complexity index is 1580. The summed E-state index contributed by atoms with van der Waals surface area (Å²) in [6.07, 6.45) is 4.06. The van der Waals surface area contributed by atoms with Crippen LogP contribution in [0, 0.1) is 5.82 Å². The number of rotatable bonds is 4. The van der Waals surface area contributed by atoms with Crippen LogP contribution in [0.1, 0.15) is 59.1 Å². The number of halogens is 2. The maximum atomic E-state index is 15.2. The summed E-state index contributed by atoms with van der Waals surface area (Å²) in [5.41, 5.74) is 0.509. The van der Waals surface area contributed by atoms with Gasteiger partial charge < -0.3 is 24.2 Å². The van der Waals surface area contributed by atoms with Crippen molar-refractivity contribution in [1.29, 1.82) is 0 Å². The van der Waals surface area contributed by atoms with Gasteiger partial charge in [-0.1, -0.05) is 23.4 Å². The maximum absolute atomic E-state index is 15.2. The fourth-order valence-electron chi connectivity index (χ4n) is 5.38. The molecule has 2 aliphatic rings. The zero-order chi connectivity index (χ0) is 32.0. The molecule has 0 aliphatic carbocycles. The second kappa shape index (κ2) is 12.2. The van der Waals surface area contributed by atoms with Gasteiger partial charge in [-0.15, -0.1) is 0 Å². The summed E-state index contributed by atoms with van der Waals surface area (Å²) in [5, 5.41) is 5.38. The van der Waals surface area contributed by atoms with Gasteiger partial charge in [0.25, 0.3) is 0 Å². The van der Waals surface area contributed by atoms with Crippen LogP contribution in [-0.2, 0) is 22.4 Å². The topological polar surface area (TPSA) is 106 Å². The fraction of sp³-hybridized carbons (Fsp3) is 0.567. The van der Waals surface area contributed by atoms with Crippen LogP contribution in [0.3, 0.4) is 0 Å². The Kier molecular flexibility index (Phi) is 8.92. The Morgan fingerprint density at radius 3 is 2.25 bits per heavy atom. The number of anilines is 2. The third-order valence-electron chi connectivity index (χ3n) is 7.30. The summed E-state index contributed by atoms with van der Waals surface area (Å²) >= 11 is 8.01. The van der Waals surface area contributed by atoms with E-state index in [1.54, 1.807) is 25.7 Å². The molecule has 1 amide bonds. The normalized spacial score (nSPS) is 15.9. The lowest BCUT2D eigenvalue weighted by molar-refractivity contribution is 0.0240. The highest BCUT2D eigenvalue weighted by atomic mass is 35.5. The predicted molar refractivity (Wildman–Crippen MR) is 170 cm³/mol. The highest BCUT2D eigenvalue weighted by molar-refractivity contribution is 7.98. The second-order valence-electron chi connectivity index (χ2n) is 12.9. The zero-order valence-electron chi connectivity index (χ0n) is 26.2. The van der Waals surface area contributed by atoms with Gasteiger partial charge in [-0.25, -0.2) is 23.9 Å². The first-order valence-corrected chi connectivity index (χ1v) is 16.3. The van der Waals surface area contributed by atoms with E-state index < -0.39 is 23.1 Å². The minimum absolute atomic E-state index is 0.0222. The van der Waals surface area contributed by atoms with Crippen LogP contribution in [0.5, 0.6) is 0 Å². The van der Waals surface area contributed by atoms with E-state index in [1.165, 1.54) is 24.0 Å². The lowest BCUT2D eigenvalue weighted by Crippen LogP contribution is -2.50. The molecule has 2 aliphatic heterocycles. The van der Waals surface area contributed by atoms with Crippen molar-refractivity contribution < 1.29 is 23.5 Å². The van der Waals surface area contributed by atoms with Crippen LogP contribution >= 0.6 is 23.4 Å². The van der Waals surface area contributed by atoms with E-state index in [0.29, 0.717) is 48.8 Å². The number of hydrogen-bond donors (Lipinski definition) is 0. The molecule has 0 radical (unpaired) electrons. The van der Waals surface area contributed by atoms with Crippen molar-refractivity contribution in [3.05, 3.63) is 34.2 Å². The van der Waals surface area contributed by atoms with E-state index in [-0.39, 0.29) is 23.2 Å². The Hall–Kier alpha value is -3.32. The number of ether oxygens (including phenoxy) is 2. The highest BCUT2D eigenvalue weighted by Gasteiger charge is 2.32. The minimum Gasteiger partial charge on any atom is -0.444 e. The fourth-order valence-corrected chi connectivity index (χ4v) is 5.96. The van der Waals surface area contributed by atoms with E-state index in [4.69, 9.17) is 31.0 Å². The Labute approximate surface area is 266 Å². The molecule has 1 fully saturated rings. The number of thioether (sulfide) groups is 1. The zero-order valence-corrected chi connectivity index (χ0v) is 27.8. The van der Waals surface area contributed by atoms with Gasteiger partial charge in [0.15, 0.2) is 5.16 Å². The Balaban J connectivity index is 1.45. The molecule has 0 bridgehead atoms. The largest absolute Gasteiger partial charge is 0.444 e. The third-order valence-corrected chi connectivity index (χ3v) is 8.25. The van der Waals surface area contributed by atoms with Crippen molar-refractivity contribution in [2.75, 3.05) is 48.8 Å². The summed E-state index contributed by atoms with van der Waals surface area (Å²) < 4.78 is 27.3. The summed E-state index contributed by atoms with van der Waals surface area (Å²) in [6.45, 7) is 14.0. The molecule has 44 heavy (non-hydrogen) atoms. The van der Waals surface area contributed by atoms with Crippen molar-refractivity contribution in [2.24, 2.45) is 0 Å². The summed E-state index contributed by atoms with van der Waals surface area (Å²) in [7, 11) is 0. The number of amides is 1. The molecular weight excluding hydrogens is 609 g/mol. The number of fused-ring (bicyclic) bond motifs is 2. The molecule has 5 rings (SSSR count). The lowest BCUT2D eigenvalue weighted by atomic mass is 10.0. The Morgan fingerprint density at radius 2 is 1.61 bits per heavy atom. The SMILES string of the molecule is CSc1nc(N2CCN(C(=O)OC(C)(C)C)CC2)c2c(n1)N(Cc1c(Cl)c(F)cc3c1cnn3C(=O)OC(C)(C)C)CCC2. The first-order valence-electron chi connectivity index (χ1n) is 14.7. The van der Waals surface area contributed by atoms with Crippen LogP contribution in [0.15, 0.2) is 17.4 Å². The first kappa shape index (κ1) is 32.1. The molecule has 0 unspecified atom stereocenters. The number of carbonyl (C=O) groups excluding carboxylic acids is 2. The minimum atomic E-state index is -0.741. The summed E-state index contributed by atoms with van der Waals surface area (Å²) in [4.78, 5) is 41.3. The number of benzene rings is 1. The average molecular weight is 648 g/mol. The summed E-state index contributed by atoms with van der Waals surface area (Å²) in [5.74, 6) is 0.974. The van der Waals surface area contributed by atoms with Gasteiger partial charge in [0.2, 0.25) is 0 Å². The van der Waals surface area contributed by atoms with E-state index in [2.05, 4.69) is 14.9 Å². The molecule has 0 spiro atoms. The molecular formula is C30H39ClFN7O4S. The van der Waals surface area contributed by atoms with E-state index in [0.717, 1.165) is 34.7 Å². The van der Waals surface area contributed by atoms with Crippen LogP contribution < -0.4 is 9.80 Å². The third kappa shape index (κ3) is 6.83. The van der Waals surface area contributed by atoms with Crippen molar-refractivity contribution >= 4 is 58.1 Å². The van der Waals surface area contributed by atoms with Crippen LogP contribution in [0.25, 0.3) is 10.9 Å². The summed E-state index contributed by atoms with van der Waals surface area (Å²) in [6, 6.07) is 1.21. The number of hydrogen-bond acceptors (Lipinski definition) is 10. The molecule has 0 saturated carbocycles. The van der Waals surface area contributed by atoms with Crippen LogP contribution in [0.4, 0.5) is 25.6 Å². The number of nitrogens with zero attached hydrogens (tertiary/aromatic N) is 7.